The summed E-state index contributed by atoms with van der Waals surface area (Å²) in [6.07, 6.45) is 5.12. The first kappa shape index (κ1) is 12.1. The van der Waals surface area contributed by atoms with Crippen LogP contribution in [0.4, 0.5) is 5.82 Å². The van der Waals surface area contributed by atoms with Crippen LogP contribution in [0.15, 0.2) is 10.6 Å². The van der Waals surface area contributed by atoms with Crippen molar-refractivity contribution >= 4 is 11.7 Å². The number of amides is 1. The van der Waals surface area contributed by atoms with Gasteiger partial charge in [0.1, 0.15) is 5.76 Å². The fourth-order valence-electron chi connectivity index (χ4n) is 2.11. The van der Waals surface area contributed by atoms with Gasteiger partial charge in [0.15, 0.2) is 5.82 Å². The highest BCUT2D eigenvalue weighted by Crippen LogP contribution is 2.13. The summed E-state index contributed by atoms with van der Waals surface area (Å²) < 4.78 is 4.88. The predicted octanol–water partition coefficient (Wildman–Crippen LogP) is 1.84. The van der Waals surface area contributed by atoms with Crippen molar-refractivity contribution in [2.75, 3.05) is 11.9 Å². The minimum atomic E-state index is 0.00525. The Morgan fingerprint density at radius 2 is 2.53 bits per heavy atom. The van der Waals surface area contributed by atoms with Gasteiger partial charge in [0, 0.05) is 18.5 Å². The number of rotatable bonds is 4. The van der Waals surface area contributed by atoms with E-state index in [0.29, 0.717) is 24.0 Å². The topological polar surface area (TPSA) is 67.2 Å². The summed E-state index contributed by atoms with van der Waals surface area (Å²) in [5.74, 6) is 1.21. The van der Waals surface area contributed by atoms with Crippen molar-refractivity contribution in [2.24, 2.45) is 0 Å². The highest BCUT2D eigenvalue weighted by atomic mass is 16.5. The highest BCUT2D eigenvalue weighted by Gasteiger charge is 2.14. The molecule has 1 unspecified atom stereocenters. The van der Waals surface area contributed by atoms with E-state index in [9.17, 15) is 4.79 Å². The molecule has 5 heteroatoms. The molecule has 0 saturated carbocycles. The smallest absolute Gasteiger partial charge is 0.225 e. The van der Waals surface area contributed by atoms with E-state index >= 15 is 0 Å². The van der Waals surface area contributed by atoms with E-state index in [1.807, 2.05) is 0 Å². The molecule has 1 amide bonds. The molecule has 1 aliphatic heterocycles. The van der Waals surface area contributed by atoms with Crippen LogP contribution in [0.3, 0.4) is 0 Å². The second kappa shape index (κ2) is 5.82. The van der Waals surface area contributed by atoms with E-state index in [4.69, 9.17) is 4.52 Å². The molecule has 17 heavy (non-hydrogen) atoms. The summed E-state index contributed by atoms with van der Waals surface area (Å²) in [6, 6.07) is 2.21. The van der Waals surface area contributed by atoms with Crippen LogP contribution < -0.4 is 10.6 Å². The van der Waals surface area contributed by atoms with Crippen molar-refractivity contribution in [1.82, 2.24) is 10.5 Å². The fourth-order valence-corrected chi connectivity index (χ4v) is 2.11. The monoisotopic (exact) mass is 237 g/mol. The van der Waals surface area contributed by atoms with E-state index in [1.165, 1.54) is 19.3 Å². The molecule has 0 aromatic carbocycles. The van der Waals surface area contributed by atoms with E-state index < -0.39 is 0 Å². The minimum absolute atomic E-state index is 0.00525. The number of hydrogen-bond acceptors (Lipinski definition) is 4. The number of aromatic nitrogens is 1. The Kier molecular flexibility index (Phi) is 4.14. The third-order valence-corrected chi connectivity index (χ3v) is 3.03. The Balaban J connectivity index is 1.70. The van der Waals surface area contributed by atoms with Crippen LogP contribution in [-0.4, -0.2) is 23.7 Å². The van der Waals surface area contributed by atoms with Gasteiger partial charge >= 0.3 is 0 Å². The van der Waals surface area contributed by atoms with E-state index in [-0.39, 0.29) is 5.91 Å². The zero-order valence-electron chi connectivity index (χ0n) is 10.2. The predicted molar refractivity (Wildman–Crippen MR) is 64.7 cm³/mol. The van der Waals surface area contributed by atoms with Crippen LogP contribution in [0.2, 0.25) is 0 Å². The fraction of sp³-hybridized carbons (Fsp3) is 0.667. The Labute approximate surface area is 101 Å². The first-order valence-corrected chi connectivity index (χ1v) is 6.20. The van der Waals surface area contributed by atoms with Crippen molar-refractivity contribution < 1.29 is 9.32 Å². The van der Waals surface area contributed by atoms with Crippen molar-refractivity contribution in [3.8, 4) is 0 Å². The zero-order valence-corrected chi connectivity index (χ0v) is 10.2. The summed E-state index contributed by atoms with van der Waals surface area (Å²) >= 11 is 0. The van der Waals surface area contributed by atoms with Gasteiger partial charge in [-0.25, -0.2) is 0 Å². The SMILES string of the molecule is Cc1cc(NC(=O)CCC2CCCCN2)no1. The lowest BCUT2D eigenvalue weighted by Crippen LogP contribution is -2.34. The van der Waals surface area contributed by atoms with Crippen LogP contribution in [0.5, 0.6) is 0 Å². The van der Waals surface area contributed by atoms with Crippen LogP contribution in [0, 0.1) is 6.92 Å². The molecule has 1 aromatic rings. The molecule has 2 rings (SSSR count). The van der Waals surface area contributed by atoms with E-state index in [2.05, 4.69) is 15.8 Å². The Morgan fingerprint density at radius 3 is 3.18 bits per heavy atom. The minimum Gasteiger partial charge on any atom is -0.360 e. The number of hydrogen-bond donors (Lipinski definition) is 2. The Bertz CT molecular complexity index is 370. The van der Waals surface area contributed by atoms with Gasteiger partial charge in [-0.1, -0.05) is 11.6 Å². The van der Waals surface area contributed by atoms with Gasteiger partial charge in [0.05, 0.1) is 0 Å². The van der Waals surface area contributed by atoms with Crippen LogP contribution in [0.1, 0.15) is 37.9 Å². The summed E-state index contributed by atoms with van der Waals surface area (Å²) in [7, 11) is 0. The summed E-state index contributed by atoms with van der Waals surface area (Å²) in [5, 5.41) is 9.89. The zero-order chi connectivity index (χ0) is 12.1. The highest BCUT2D eigenvalue weighted by molar-refractivity contribution is 5.89. The second-order valence-corrected chi connectivity index (χ2v) is 4.56. The Hall–Kier alpha value is -1.36. The van der Waals surface area contributed by atoms with Gasteiger partial charge in [-0.3, -0.25) is 4.79 Å². The summed E-state index contributed by atoms with van der Waals surface area (Å²) in [5.41, 5.74) is 0. The lowest BCUT2D eigenvalue weighted by Gasteiger charge is -2.22. The van der Waals surface area contributed by atoms with Gasteiger partial charge in [-0.2, -0.15) is 0 Å². The van der Waals surface area contributed by atoms with Crippen molar-refractivity contribution in [1.29, 1.82) is 0 Å². The number of piperidine rings is 1. The maximum absolute atomic E-state index is 11.6. The molecule has 1 fully saturated rings. The number of aryl methyl sites for hydroxylation is 1. The van der Waals surface area contributed by atoms with Crippen LogP contribution in [0.25, 0.3) is 0 Å². The molecular weight excluding hydrogens is 218 g/mol. The first-order valence-electron chi connectivity index (χ1n) is 6.20. The van der Waals surface area contributed by atoms with Crippen LogP contribution >= 0.6 is 0 Å². The summed E-state index contributed by atoms with van der Waals surface area (Å²) in [6.45, 7) is 2.88. The summed E-state index contributed by atoms with van der Waals surface area (Å²) in [4.78, 5) is 11.6. The number of nitrogens with one attached hydrogen (secondary N) is 2. The molecular formula is C12H19N3O2. The van der Waals surface area contributed by atoms with Gasteiger partial charge in [0.2, 0.25) is 5.91 Å². The lowest BCUT2D eigenvalue weighted by atomic mass is 10.0. The normalized spacial score (nSPS) is 20.2. The average Bonchev–Trinajstić information content (AvgIpc) is 2.73. The average molecular weight is 237 g/mol. The van der Waals surface area contributed by atoms with Gasteiger partial charge in [0.25, 0.3) is 0 Å². The van der Waals surface area contributed by atoms with Gasteiger partial charge < -0.3 is 15.2 Å². The molecule has 5 nitrogen and oxygen atoms in total. The third kappa shape index (κ3) is 3.85. The van der Waals surface area contributed by atoms with Crippen molar-refractivity contribution in [3.05, 3.63) is 11.8 Å². The molecule has 2 N–H and O–H groups in total. The molecule has 1 aliphatic rings. The number of carbonyl (C=O) groups excluding carboxylic acids is 1. The molecule has 1 aromatic heterocycles. The second-order valence-electron chi connectivity index (χ2n) is 4.56. The van der Waals surface area contributed by atoms with Crippen molar-refractivity contribution in [3.63, 3.8) is 0 Å². The molecule has 1 saturated heterocycles. The molecule has 1 atom stereocenters. The van der Waals surface area contributed by atoms with E-state index in [1.54, 1.807) is 13.0 Å². The number of anilines is 1. The van der Waals surface area contributed by atoms with Crippen molar-refractivity contribution in [2.45, 2.75) is 45.1 Å². The van der Waals surface area contributed by atoms with Crippen LogP contribution in [-0.2, 0) is 4.79 Å². The molecule has 2 heterocycles. The number of carbonyl (C=O) groups is 1. The third-order valence-electron chi connectivity index (χ3n) is 3.03. The molecule has 0 radical (unpaired) electrons. The molecule has 0 bridgehead atoms. The maximum Gasteiger partial charge on any atom is 0.225 e. The van der Waals surface area contributed by atoms with Gasteiger partial charge in [-0.05, 0) is 32.7 Å². The largest absolute Gasteiger partial charge is 0.360 e. The standard InChI is InChI=1S/C12H19N3O2/c1-9-8-11(15-17-9)14-12(16)6-5-10-4-2-3-7-13-10/h8,10,13H,2-7H2,1H3,(H,14,15,16). The molecule has 0 spiro atoms. The Morgan fingerprint density at radius 1 is 1.65 bits per heavy atom. The van der Waals surface area contributed by atoms with E-state index in [0.717, 1.165) is 13.0 Å². The maximum atomic E-state index is 11.6. The lowest BCUT2D eigenvalue weighted by molar-refractivity contribution is -0.116. The molecule has 94 valence electrons. The first-order chi connectivity index (χ1) is 8.24. The number of nitrogens with zero attached hydrogens (tertiary/aromatic N) is 1. The molecule has 0 aliphatic carbocycles. The van der Waals surface area contributed by atoms with Gasteiger partial charge in [-0.15, -0.1) is 0 Å². The quantitative estimate of drug-likeness (QED) is 0.838.